The van der Waals surface area contributed by atoms with Gasteiger partial charge in [0.05, 0.1) is 0 Å². The fourth-order valence-electron chi connectivity index (χ4n) is 0.995. The molecule has 72 valence electrons. The topological polar surface area (TPSA) is 18.5 Å². The molecule has 0 saturated carbocycles. The standard InChI is InChI=1S/C9H20O2Si/c1-5-6-7-8-9-12(4,10-2)11-3/h5-6H,7-9H2,1-4H3. The van der Waals surface area contributed by atoms with Crippen molar-refractivity contribution in [3.63, 3.8) is 0 Å². The van der Waals surface area contributed by atoms with E-state index in [4.69, 9.17) is 8.85 Å². The Balaban J connectivity index is 3.58. The minimum atomic E-state index is -1.78. The van der Waals surface area contributed by atoms with E-state index in [2.05, 4.69) is 18.7 Å². The first-order valence-corrected chi connectivity index (χ1v) is 6.92. The van der Waals surface area contributed by atoms with Gasteiger partial charge in [0.1, 0.15) is 0 Å². The first-order chi connectivity index (χ1) is 5.68. The molecule has 0 aliphatic carbocycles. The lowest BCUT2D eigenvalue weighted by Gasteiger charge is -2.22. The van der Waals surface area contributed by atoms with Crippen molar-refractivity contribution in [2.24, 2.45) is 0 Å². The summed E-state index contributed by atoms with van der Waals surface area (Å²) >= 11 is 0. The van der Waals surface area contributed by atoms with Crippen LogP contribution >= 0.6 is 0 Å². The van der Waals surface area contributed by atoms with Crippen LogP contribution in [0.3, 0.4) is 0 Å². The van der Waals surface area contributed by atoms with Gasteiger partial charge in [-0.3, -0.25) is 0 Å². The van der Waals surface area contributed by atoms with Gasteiger partial charge in [-0.25, -0.2) is 0 Å². The average molecular weight is 188 g/mol. The first kappa shape index (κ1) is 11.9. The highest BCUT2D eigenvalue weighted by Crippen LogP contribution is 2.15. The minimum Gasteiger partial charge on any atom is -0.398 e. The predicted molar refractivity (Wildman–Crippen MR) is 54.5 cm³/mol. The Morgan fingerprint density at radius 2 is 1.83 bits per heavy atom. The first-order valence-electron chi connectivity index (χ1n) is 4.40. The summed E-state index contributed by atoms with van der Waals surface area (Å²) in [5.41, 5.74) is 0. The van der Waals surface area contributed by atoms with E-state index in [1.165, 1.54) is 0 Å². The predicted octanol–water partition coefficient (Wildman–Crippen LogP) is 2.71. The number of allylic oxidation sites excluding steroid dienone is 2. The molecule has 0 unspecified atom stereocenters. The third-order valence-electron chi connectivity index (χ3n) is 2.10. The Bertz CT molecular complexity index is 130. The summed E-state index contributed by atoms with van der Waals surface area (Å²) in [7, 11) is 1.70. The van der Waals surface area contributed by atoms with E-state index < -0.39 is 8.56 Å². The van der Waals surface area contributed by atoms with Gasteiger partial charge in [-0.05, 0) is 32.4 Å². The summed E-state index contributed by atoms with van der Waals surface area (Å²) < 4.78 is 10.7. The Morgan fingerprint density at radius 1 is 1.25 bits per heavy atom. The summed E-state index contributed by atoms with van der Waals surface area (Å²) in [6.45, 7) is 4.14. The van der Waals surface area contributed by atoms with E-state index in [1.807, 2.05) is 6.92 Å². The highest BCUT2D eigenvalue weighted by Gasteiger charge is 2.27. The van der Waals surface area contributed by atoms with Crippen molar-refractivity contribution < 1.29 is 8.85 Å². The Kier molecular flexibility index (Phi) is 6.33. The third kappa shape index (κ3) is 4.69. The van der Waals surface area contributed by atoms with Crippen molar-refractivity contribution in [2.45, 2.75) is 32.4 Å². The maximum absolute atomic E-state index is 5.36. The van der Waals surface area contributed by atoms with Gasteiger partial charge in [-0.15, -0.1) is 0 Å². The molecule has 0 aromatic carbocycles. The van der Waals surface area contributed by atoms with Crippen LogP contribution in [-0.2, 0) is 8.85 Å². The van der Waals surface area contributed by atoms with Gasteiger partial charge in [0.2, 0.25) is 0 Å². The molecule has 0 saturated heterocycles. The summed E-state index contributed by atoms with van der Waals surface area (Å²) in [4.78, 5) is 0. The molecule has 0 spiro atoms. The van der Waals surface area contributed by atoms with E-state index in [-0.39, 0.29) is 0 Å². The van der Waals surface area contributed by atoms with E-state index in [1.54, 1.807) is 14.2 Å². The summed E-state index contributed by atoms with van der Waals surface area (Å²) in [6.07, 6.45) is 6.55. The normalized spacial score (nSPS) is 12.7. The van der Waals surface area contributed by atoms with Gasteiger partial charge in [-0.1, -0.05) is 12.2 Å². The van der Waals surface area contributed by atoms with Crippen molar-refractivity contribution in [1.82, 2.24) is 0 Å². The van der Waals surface area contributed by atoms with Crippen LogP contribution in [-0.4, -0.2) is 22.8 Å². The fourth-order valence-corrected chi connectivity index (χ4v) is 2.42. The fraction of sp³-hybridized carbons (Fsp3) is 0.778. The number of rotatable bonds is 6. The largest absolute Gasteiger partial charge is 0.398 e. The van der Waals surface area contributed by atoms with Crippen LogP contribution in [0.5, 0.6) is 0 Å². The number of hydrogen-bond donors (Lipinski definition) is 0. The molecule has 0 atom stereocenters. The van der Waals surface area contributed by atoms with Gasteiger partial charge in [0, 0.05) is 14.2 Å². The lowest BCUT2D eigenvalue weighted by atomic mass is 10.3. The van der Waals surface area contributed by atoms with Crippen LogP contribution < -0.4 is 0 Å². The van der Waals surface area contributed by atoms with Crippen LogP contribution in [0.25, 0.3) is 0 Å². The molecule has 0 radical (unpaired) electrons. The summed E-state index contributed by atoms with van der Waals surface area (Å²) in [6, 6.07) is 1.07. The zero-order chi connectivity index (χ0) is 9.45. The molecule has 2 nitrogen and oxygen atoms in total. The second-order valence-electron chi connectivity index (χ2n) is 3.00. The lowest BCUT2D eigenvalue weighted by molar-refractivity contribution is 0.248. The minimum absolute atomic E-state index is 1.07. The molecule has 0 rings (SSSR count). The van der Waals surface area contributed by atoms with Gasteiger partial charge in [-0.2, -0.15) is 0 Å². The molecule has 0 N–H and O–H groups in total. The lowest BCUT2D eigenvalue weighted by Crippen LogP contribution is -2.35. The van der Waals surface area contributed by atoms with Gasteiger partial charge < -0.3 is 8.85 Å². The third-order valence-corrected chi connectivity index (χ3v) is 5.09. The number of unbranched alkanes of at least 4 members (excludes halogenated alkanes) is 1. The van der Waals surface area contributed by atoms with Gasteiger partial charge in [0.15, 0.2) is 0 Å². The summed E-state index contributed by atoms with van der Waals surface area (Å²) in [5.74, 6) is 0. The van der Waals surface area contributed by atoms with Crippen LogP contribution in [0, 0.1) is 0 Å². The van der Waals surface area contributed by atoms with Crippen molar-refractivity contribution in [2.75, 3.05) is 14.2 Å². The molecule has 0 aliphatic rings. The molecule has 12 heavy (non-hydrogen) atoms. The monoisotopic (exact) mass is 188 g/mol. The van der Waals surface area contributed by atoms with Crippen LogP contribution in [0.2, 0.25) is 12.6 Å². The van der Waals surface area contributed by atoms with Crippen molar-refractivity contribution in [3.05, 3.63) is 12.2 Å². The highest BCUT2D eigenvalue weighted by molar-refractivity contribution is 6.65. The van der Waals surface area contributed by atoms with Crippen molar-refractivity contribution in [1.29, 1.82) is 0 Å². The van der Waals surface area contributed by atoms with E-state index in [9.17, 15) is 0 Å². The smallest absolute Gasteiger partial charge is 0.334 e. The second kappa shape index (κ2) is 6.40. The second-order valence-corrected chi connectivity index (χ2v) is 6.59. The molecule has 0 fully saturated rings. The maximum atomic E-state index is 5.36. The molecular weight excluding hydrogens is 168 g/mol. The Labute approximate surface area is 76.8 Å². The SMILES string of the molecule is CC=CCCC[Si](C)(OC)OC. The number of hydrogen-bond acceptors (Lipinski definition) is 2. The van der Waals surface area contributed by atoms with E-state index in [0.29, 0.717) is 0 Å². The quantitative estimate of drug-likeness (QED) is 0.362. The van der Waals surface area contributed by atoms with Crippen molar-refractivity contribution >= 4 is 8.56 Å². The van der Waals surface area contributed by atoms with E-state index in [0.717, 1.165) is 18.9 Å². The van der Waals surface area contributed by atoms with E-state index >= 15 is 0 Å². The van der Waals surface area contributed by atoms with Crippen LogP contribution in [0.1, 0.15) is 19.8 Å². The summed E-state index contributed by atoms with van der Waals surface area (Å²) in [5, 5.41) is 0. The molecule has 0 bridgehead atoms. The van der Waals surface area contributed by atoms with Crippen molar-refractivity contribution in [3.8, 4) is 0 Å². The zero-order valence-electron chi connectivity index (χ0n) is 8.59. The highest BCUT2D eigenvalue weighted by atomic mass is 28.4. The zero-order valence-corrected chi connectivity index (χ0v) is 9.59. The molecule has 3 heteroatoms. The maximum Gasteiger partial charge on any atom is 0.334 e. The molecule has 0 amide bonds. The molecule has 0 heterocycles. The van der Waals surface area contributed by atoms with Crippen LogP contribution in [0.4, 0.5) is 0 Å². The van der Waals surface area contributed by atoms with Gasteiger partial charge in [0.25, 0.3) is 0 Å². The molecule has 0 aromatic rings. The Hall–Kier alpha value is -0.123. The Morgan fingerprint density at radius 3 is 2.25 bits per heavy atom. The molecular formula is C9H20O2Si. The molecule has 0 aromatic heterocycles. The van der Waals surface area contributed by atoms with Gasteiger partial charge >= 0.3 is 8.56 Å². The van der Waals surface area contributed by atoms with Crippen LogP contribution in [0.15, 0.2) is 12.2 Å². The average Bonchev–Trinajstić information content (AvgIpc) is 2.12. The molecule has 0 aliphatic heterocycles.